The van der Waals surface area contributed by atoms with E-state index in [0.29, 0.717) is 0 Å². The van der Waals surface area contributed by atoms with Crippen LogP contribution in [0.4, 0.5) is 0 Å². The third-order valence-electron chi connectivity index (χ3n) is 3.97. The molecule has 6 heteroatoms. The molecule has 2 heterocycles. The Kier molecular flexibility index (Phi) is 5.04. The molecule has 0 saturated heterocycles. The summed E-state index contributed by atoms with van der Waals surface area (Å²) in [4.78, 5) is 0. The number of hydrogen-bond acceptors (Lipinski definition) is 5. The average Bonchev–Trinajstić information content (AvgIpc) is 3.10. The second kappa shape index (κ2) is 7.21. The van der Waals surface area contributed by atoms with Gasteiger partial charge in [0, 0.05) is 23.4 Å². The SMILES string of the molecule is CCCn1c(SCc2c(C)noc2C)nnc1-c1cccc(C)c1. The molecule has 0 aliphatic rings. The lowest BCUT2D eigenvalue weighted by atomic mass is 10.1. The van der Waals surface area contributed by atoms with Gasteiger partial charge in [-0.2, -0.15) is 0 Å². The van der Waals surface area contributed by atoms with Gasteiger partial charge in [0.05, 0.1) is 5.69 Å². The molecule has 126 valence electrons. The Morgan fingerprint density at radius 2 is 2.00 bits per heavy atom. The van der Waals surface area contributed by atoms with Crippen molar-refractivity contribution in [3.8, 4) is 11.4 Å². The van der Waals surface area contributed by atoms with E-state index < -0.39 is 0 Å². The number of hydrogen-bond donors (Lipinski definition) is 0. The highest BCUT2D eigenvalue weighted by molar-refractivity contribution is 7.98. The standard InChI is InChI=1S/C18H22N4OS/c1-5-9-22-17(15-8-6-7-12(2)10-15)19-20-18(22)24-11-16-13(3)21-23-14(16)4/h6-8,10H,5,9,11H2,1-4H3. The van der Waals surface area contributed by atoms with Crippen LogP contribution < -0.4 is 0 Å². The Hall–Kier alpha value is -2.08. The maximum absolute atomic E-state index is 5.24. The molecule has 0 spiro atoms. The first-order valence-electron chi connectivity index (χ1n) is 8.15. The number of rotatable bonds is 6. The summed E-state index contributed by atoms with van der Waals surface area (Å²) < 4.78 is 7.45. The molecule has 0 atom stereocenters. The van der Waals surface area contributed by atoms with E-state index in [1.165, 1.54) is 5.56 Å². The van der Waals surface area contributed by atoms with E-state index in [1.54, 1.807) is 11.8 Å². The third kappa shape index (κ3) is 3.38. The zero-order valence-corrected chi connectivity index (χ0v) is 15.4. The fourth-order valence-electron chi connectivity index (χ4n) is 2.66. The average molecular weight is 342 g/mol. The molecule has 0 N–H and O–H groups in total. The minimum absolute atomic E-state index is 0.789. The van der Waals surface area contributed by atoms with Crippen molar-refractivity contribution in [1.82, 2.24) is 19.9 Å². The largest absolute Gasteiger partial charge is 0.361 e. The van der Waals surface area contributed by atoms with Crippen LogP contribution in [0.3, 0.4) is 0 Å². The van der Waals surface area contributed by atoms with Gasteiger partial charge in [-0.15, -0.1) is 10.2 Å². The fraction of sp³-hybridized carbons (Fsp3) is 0.389. The lowest BCUT2D eigenvalue weighted by molar-refractivity contribution is 0.392. The van der Waals surface area contributed by atoms with Gasteiger partial charge in [-0.1, -0.05) is 47.6 Å². The predicted molar refractivity (Wildman–Crippen MR) is 96.0 cm³/mol. The van der Waals surface area contributed by atoms with Crippen molar-refractivity contribution in [3.63, 3.8) is 0 Å². The summed E-state index contributed by atoms with van der Waals surface area (Å²) >= 11 is 1.68. The Balaban J connectivity index is 1.89. The van der Waals surface area contributed by atoms with E-state index >= 15 is 0 Å². The van der Waals surface area contributed by atoms with Crippen molar-refractivity contribution < 1.29 is 4.52 Å². The number of aromatic nitrogens is 4. The second-order valence-electron chi connectivity index (χ2n) is 5.92. The molecular weight excluding hydrogens is 320 g/mol. The molecule has 1 aromatic carbocycles. The van der Waals surface area contributed by atoms with Crippen molar-refractivity contribution in [2.45, 2.75) is 51.6 Å². The predicted octanol–water partition coefficient (Wildman–Crippen LogP) is 4.56. The van der Waals surface area contributed by atoms with Gasteiger partial charge in [0.15, 0.2) is 11.0 Å². The van der Waals surface area contributed by atoms with E-state index in [2.05, 4.69) is 58.0 Å². The summed E-state index contributed by atoms with van der Waals surface area (Å²) in [5.74, 6) is 2.60. The van der Waals surface area contributed by atoms with Crippen molar-refractivity contribution in [2.24, 2.45) is 0 Å². The Bertz CT molecular complexity index is 818. The summed E-state index contributed by atoms with van der Waals surface area (Å²) in [6, 6.07) is 8.40. The minimum atomic E-state index is 0.789. The summed E-state index contributed by atoms with van der Waals surface area (Å²) in [5, 5.41) is 13.8. The quantitative estimate of drug-likeness (QED) is 0.615. The molecule has 0 aliphatic carbocycles. The monoisotopic (exact) mass is 342 g/mol. The number of nitrogens with zero attached hydrogens (tertiary/aromatic N) is 4. The highest BCUT2D eigenvalue weighted by atomic mass is 32.2. The maximum Gasteiger partial charge on any atom is 0.191 e. The van der Waals surface area contributed by atoms with Crippen LogP contribution in [0.1, 0.15) is 35.9 Å². The van der Waals surface area contributed by atoms with Crippen LogP contribution >= 0.6 is 11.8 Å². The van der Waals surface area contributed by atoms with Crippen LogP contribution in [0.2, 0.25) is 0 Å². The number of thioether (sulfide) groups is 1. The van der Waals surface area contributed by atoms with E-state index in [-0.39, 0.29) is 0 Å². The van der Waals surface area contributed by atoms with E-state index in [1.807, 2.05) is 13.8 Å². The van der Waals surface area contributed by atoms with Crippen LogP contribution in [0.15, 0.2) is 33.9 Å². The smallest absolute Gasteiger partial charge is 0.191 e. The van der Waals surface area contributed by atoms with Gasteiger partial charge in [0.25, 0.3) is 0 Å². The summed E-state index contributed by atoms with van der Waals surface area (Å²) in [7, 11) is 0. The van der Waals surface area contributed by atoms with Crippen molar-refractivity contribution in [2.75, 3.05) is 0 Å². The first kappa shape index (κ1) is 16.8. The van der Waals surface area contributed by atoms with Crippen LogP contribution in [0.25, 0.3) is 11.4 Å². The van der Waals surface area contributed by atoms with Crippen LogP contribution in [0.5, 0.6) is 0 Å². The third-order valence-corrected chi connectivity index (χ3v) is 4.96. The number of aryl methyl sites for hydroxylation is 3. The fourth-order valence-corrected chi connectivity index (χ4v) is 3.78. The molecule has 0 amide bonds. The molecule has 3 aromatic rings. The summed E-state index contributed by atoms with van der Waals surface area (Å²) in [6.45, 7) is 9.09. The Labute approximate surface area is 146 Å². The van der Waals surface area contributed by atoms with Gasteiger partial charge in [0.2, 0.25) is 0 Å². The Morgan fingerprint density at radius 3 is 2.67 bits per heavy atom. The van der Waals surface area contributed by atoms with Crippen LogP contribution in [-0.2, 0) is 12.3 Å². The van der Waals surface area contributed by atoms with Crippen molar-refractivity contribution >= 4 is 11.8 Å². The van der Waals surface area contributed by atoms with Gasteiger partial charge in [-0.3, -0.25) is 0 Å². The van der Waals surface area contributed by atoms with Gasteiger partial charge in [-0.25, -0.2) is 0 Å². The molecule has 0 bridgehead atoms. The molecule has 2 aromatic heterocycles. The van der Waals surface area contributed by atoms with Crippen LogP contribution in [0, 0.1) is 20.8 Å². The van der Waals surface area contributed by atoms with E-state index in [0.717, 1.165) is 52.3 Å². The van der Waals surface area contributed by atoms with Gasteiger partial charge in [-0.05, 0) is 33.3 Å². The van der Waals surface area contributed by atoms with E-state index in [4.69, 9.17) is 4.52 Å². The van der Waals surface area contributed by atoms with Crippen LogP contribution in [-0.4, -0.2) is 19.9 Å². The first-order chi connectivity index (χ1) is 11.6. The molecule has 3 rings (SSSR count). The lowest BCUT2D eigenvalue weighted by Crippen LogP contribution is -2.02. The normalized spacial score (nSPS) is 11.2. The molecule has 0 fully saturated rings. The zero-order chi connectivity index (χ0) is 17.1. The second-order valence-corrected chi connectivity index (χ2v) is 6.86. The van der Waals surface area contributed by atoms with Crippen molar-refractivity contribution in [1.29, 1.82) is 0 Å². The number of benzene rings is 1. The molecule has 0 unspecified atom stereocenters. The summed E-state index contributed by atoms with van der Waals surface area (Å²) in [5.41, 5.74) is 4.42. The summed E-state index contributed by atoms with van der Waals surface area (Å²) in [6.07, 6.45) is 1.04. The van der Waals surface area contributed by atoms with Crippen molar-refractivity contribution in [3.05, 3.63) is 46.8 Å². The highest BCUT2D eigenvalue weighted by Gasteiger charge is 2.16. The first-order valence-corrected chi connectivity index (χ1v) is 9.13. The van der Waals surface area contributed by atoms with Gasteiger partial charge < -0.3 is 9.09 Å². The Morgan fingerprint density at radius 1 is 1.17 bits per heavy atom. The zero-order valence-electron chi connectivity index (χ0n) is 14.5. The molecule has 5 nitrogen and oxygen atoms in total. The molecule has 24 heavy (non-hydrogen) atoms. The van der Waals surface area contributed by atoms with E-state index in [9.17, 15) is 0 Å². The molecular formula is C18H22N4OS. The molecule has 0 saturated carbocycles. The molecule has 0 radical (unpaired) electrons. The topological polar surface area (TPSA) is 56.7 Å². The van der Waals surface area contributed by atoms with Gasteiger partial charge in [0.1, 0.15) is 5.76 Å². The van der Waals surface area contributed by atoms with Gasteiger partial charge >= 0.3 is 0 Å². The maximum atomic E-state index is 5.24. The molecule has 0 aliphatic heterocycles. The highest BCUT2D eigenvalue weighted by Crippen LogP contribution is 2.28. The minimum Gasteiger partial charge on any atom is -0.361 e. The lowest BCUT2D eigenvalue weighted by Gasteiger charge is -2.09.